The molecule has 0 atom stereocenters. The van der Waals surface area contributed by atoms with E-state index in [-0.39, 0.29) is 5.48 Å². The van der Waals surface area contributed by atoms with Crippen molar-refractivity contribution in [3.8, 4) is 0 Å². The molecule has 0 fully saturated rings. The maximum absolute atomic E-state index is 2.35. The Morgan fingerprint density at radius 1 is 0.346 bits per heavy atom. The molecule has 0 spiro atoms. The summed E-state index contributed by atoms with van der Waals surface area (Å²) in [6.07, 6.45) is 22.9. The van der Waals surface area contributed by atoms with E-state index in [4.69, 9.17) is 0 Å². The Bertz CT molecular complexity index is 229. The van der Waals surface area contributed by atoms with E-state index in [0.29, 0.717) is 0 Å². The van der Waals surface area contributed by atoms with E-state index in [1.807, 2.05) is 0 Å². The minimum absolute atomic E-state index is 0. The summed E-state index contributed by atoms with van der Waals surface area (Å²) < 4.78 is 1.46. The van der Waals surface area contributed by atoms with Crippen molar-refractivity contribution < 1.29 is 9.96 Å². The lowest BCUT2D eigenvalue weighted by Gasteiger charge is -2.39. The first-order valence-corrected chi connectivity index (χ1v) is 12.1. The number of nitrogens with zero attached hydrogens (tertiary/aromatic N) is 1. The van der Waals surface area contributed by atoms with Gasteiger partial charge in [0.25, 0.3) is 0 Å². The van der Waals surface area contributed by atoms with Crippen LogP contribution in [0.1, 0.15) is 130 Å². The van der Waals surface area contributed by atoms with E-state index in [0.717, 1.165) is 0 Å². The van der Waals surface area contributed by atoms with E-state index >= 15 is 0 Å². The number of hydrogen-bond acceptors (Lipinski definition) is 1. The molecule has 2 nitrogen and oxygen atoms in total. The fourth-order valence-electron chi connectivity index (χ4n) is 4.17. The van der Waals surface area contributed by atoms with Crippen LogP contribution in [0.5, 0.6) is 0 Å². The van der Waals surface area contributed by atoms with Gasteiger partial charge in [-0.2, -0.15) is 0 Å². The number of quaternary nitrogens is 1. The Labute approximate surface area is 167 Å². The predicted molar refractivity (Wildman–Crippen MR) is 118 cm³/mol. The number of rotatable bonds is 20. The molecule has 26 heavy (non-hydrogen) atoms. The Morgan fingerprint density at radius 3 is 0.885 bits per heavy atom. The summed E-state index contributed by atoms with van der Waals surface area (Å²) in [4.78, 5) is 0. The molecule has 0 aromatic carbocycles. The summed E-state index contributed by atoms with van der Waals surface area (Å²) in [5.74, 6) is 0. The van der Waals surface area contributed by atoms with Crippen molar-refractivity contribution in [2.75, 3.05) is 26.2 Å². The lowest BCUT2D eigenvalue weighted by molar-refractivity contribution is -0.929. The third kappa shape index (κ3) is 16.1. The van der Waals surface area contributed by atoms with E-state index in [1.54, 1.807) is 0 Å². The molecule has 2 heteroatoms. The van der Waals surface area contributed by atoms with E-state index in [1.165, 1.54) is 133 Å². The molecule has 1 N–H and O–H groups in total. The maximum atomic E-state index is 2.35. The molecule has 0 aromatic heterocycles. The first-order valence-electron chi connectivity index (χ1n) is 12.1. The van der Waals surface area contributed by atoms with Gasteiger partial charge in [-0.15, -0.1) is 0 Å². The Balaban J connectivity index is 0. The minimum atomic E-state index is 0. The molecule has 0 aromatic rings. The average molecular weight is 372 g/mol. The lowest BCUT2D eigenvalue weighted by atomic mass is 10.1. The molecule has 0 bridgehead atoms. The zero-order chi connectivity index (χ0) is 18.6. The summed E-state index contributed by atoms with van der Waals surface area (Å²) in [7, 11) is 0. The fraction of sp³-hybridized carbons (Fsp3) is 1.00. The summed E-state index contributed by atoms with van der Waals surface area (Å²) >= 11 is 0. The third-order valence-electron chi connectivity index (χ3n) is 5.94. The van der Waals surface area contributed by atoms with Crippen molar-refractivity contribution in [2.45, 2.75) is 130 Å². The molecule has 0 aliphatic heterocycles. The molecule has 0 amide bonds. The van der Waals surface area contributed by atoms with Gasteiger partial charge < -0.3 is 9.96 Å². The molecule has 0 saturated carbocycles. The minimum Gasteiger partial charge on any atom is -0.870 e. The van der Waals surface area contributed by atoms with Crippen LogP contribution in [0.2, 0.25) is 0 Å². The highest BCUT2D eigenvalue weighted by atomic mass is 16.0. The molecule has 0 heterocycles. The van der Waals surface area contributed by atoms with Gasteiger partial charge in [0.2, 0.25) is 0 Å². The Morgan fingerprint density at radius 2 is 0.577 bits per heavy atom. The van der Waals surface area contributed by atoms with Crippen LogP contribution in [0.15, 0.2) is 0 Å². The van der Waals surface area contributed by atoms with Gasteiger partial charge in [0.1, 0.15) is 0 Å². The third-order valence-corrected chi connectivity index (χ3v) is 5.94. The highest BCUT2D eigenvalue weighted by Gasteiger charge is 2.25. The van der Waals surface area contributed by atoms with E-state index < -0.39 is 0 Å². The van der Waals surface area contributed by atoms with Gasteiger partial charge >= 0.3 is 0 Å². The second kappa shape index (κ2) is 21.2. The topological polar surface area (TPSA) is 30.0 Å². The fourth-order valence-corrected chi connectivity index (χ4v) is 4.17. The van der Waals surface area contributed by atoms with Crippen molar-refractivity contribution >= 4 is 0 Å². The first-order chi connectivity index (χ1) is 12.2. The van der Waals surface area contributed by atoms with Crippen molar-refractivity contribution in [2.24, 2.45) is 0 Å². The normalized spacial score (nSPS) is 11.5. The molecule has 160 valence electrons. The summed E-state index contributed by atoms with van der Waals surface area (Å²) in [6, 6.07) is 0. The summed E-state index contributed by atoms with van der Waals surface area (Å²) in [5, 5.41) is 0. The molecular formula is C24H53NO. The molecule has 0 saturated heterocycles. The average Bonchev–Trinajstić information content (AvgIpc) is 2.62. The summed E-state index contributed by atoms with van der Waals surface area (Å²) in [5.41, 5.74) is 0. The Hall–Kier alpha value is -0.0800. The number of hydrogen-bond donors (Lipinski definition) is 0. The van der Waals surface area contributed by atoms with Gasteiger partial charge in [0, 0.05) is 0 Å². The quantitative estimate of drug-likeness (QED) is 0.158. The molecule has 0 aliphatic carbocycles. The molecule has 0 unspecified atom stereocenters. The van der Waals surface area contributed by atoms with Crippen LogP contribution < -0.4 is 0 Å². The second-order valence-electron chi connectivity index (χ2n) is 8.48. The summed E-state index contributed by atoms with van der Waals surface area (Å²) in [6.45, 7) is 15.2. The van der Waals surface area contributed by atoms with Crippen LogP contribution in [0.25, 0.3) is 0 Å². The predicted octanol–water partition coefficient (Wildman–Crippen LogP) is 7.95. The smallest absolute Gasteiger partial charge is 0.0786 e. The highest BCUT2D eigenvalue weighted by molar-refractivity contribution is 4.53. The van der Waals surface area contributed by atoms with Crippen LogP contribution in [0, 0.1) is 0 Å². The van der Waals surface area contributed by atoms with Crippen LogP contribution in [-0.2, 0) is 0 Å². The zero-order valence-electron chi connectivity index (χ0n) is 19.0. The van der Waals surface area contributed by atoms with Gasteiger partial charge in [-0.05, 0) is 51.4 Å². The standard InChI is InChI=1S/C24H52N.H2O/c1-5-9-13-15-19-23-25(21-17-11-7-3,22-18-12-8-4)24-20-16-14-10-6-2;/h5-24H2,1-4H3;1H2/q+1;/p-1. The van der Waals surface area contributed by atoms with Crippen LogP contribution >= 0.6 is 0 Å². The lowest BCUT2D eigenvalue weighted by Crippen LogP contribution is -2.50. The van der Waals surface area contributed by atoms with Crippen molar-refractivity contribution in [1.29, 1.82) is 0 Å². The van der Waals surface area contributed by atoms with Gasteiger partial charge in [-0.25, -0.2) is 0 Å². The van der Waals surface area contributed by atoms with Crippen LogP contribution in [-0.4, -0.2) is 36.1 Å². The SMILES string of the molecule is CCCCCCC[N+](CCCCC)(CCCCC)CCCCCCC.[OH-]. The highest BCUT2D eigenvalue weighted by Crippen LogP contribution is 2.19. The van der Waals surface area contributed by atoms with Crippen molar-refractivity contribution in [3.05, 3.63) is 0 Å². The monoisotopic (exact) mass is 371 g/mol. The second-order valence-corrected chi connectivity index (χ2v) is 8.48. The first kappa shape index (κ1) is 28.1. The van der Waals surface area contributed by atoms with Crippen molar-refractivity contribution in [1.82, 2.24) is 0 Å². The Kier molecular flexibility index (Phi) is 23.0. The van der Waals surface area contributed by atoms with Gasteiger partial charge in [-0.3, -0.25) is 0 Å². The van der Waals surface area contributed by atoms with Gasteiger partial charge in [0.05, 0.1) is 26.2 Å². The molecule has 0 aliphatic rings. The van der Waals surface area contributed by atoms with Gasteiger partial charge in [-0.1, -0.05) is 79.1 Å². The maximum Gasteiger partial charge on any atom is 0.0786 e. The van der Waals surface area contributed by atoms with E-state index in [2.05, 4.69) is 27.7 Å². The van der Waals surface area contributed by atoms with Gasteiger partial charge in [0.15, 0.2) is 0 Å². The molecule has 0 radical (unpaired) electrons. The van der Waals surface area contributed by atoms with E-state index in [9.17, 15) is 0 Å². The zero-order valence-corrected chi connectivity index (χ0v) is 19.0. The molecule has 0 rings (SSSR count). The van der Waals surface area contributed by atoms with Crippen molar-refractivity contribution in [3.63, 3.8) is 0 Å². The van der Waals surface area contributed by atoms with Crippen LogP contribution in [0.3, 0.4) is 0 Å². The van der Waals surface area contributed by atoms with Crippen LogP contribution in [0.4, 0.5) is 0 Å². The molecular weight excluding hydrogens is 318 g/mol. The largest absolute Gasteiger partial charge is 0.870 e. The number of unbranched alkanes of at least 4 members (excludes halogenated alkanes) is 12.